The summed E-state index contributed by atoms with van der Waals surface area (Å²) in [4.78, 5) is 16.7. The number of nitrogens with zero attached hydrogens (tertiary/aromatic N) is 1. The molecule has 7 heteroatoms. The van der Waals surface area contributed by atoms with Crippen molar-refractivity contribution in [3.8, 4) is 0 Å². The SMILES string of the molecule is C=Nc1cc(C(=O)Nc2cc(C(C)(C)C)cc(NS(C)(=O)=O)c2C)ccc1C. The zero-order chi connectivity index (χ0) is 21.3. The number of nitrogens with one attached hydrogen (secondary N) is 2. The number of aliphatic imine (C=N–C) groups is 1. The summed E-state index contributed by atoms with van der Waals surface area (Å²) in [6.45, 7) is 13.3. The van der Waals surface area contributed by atoms with Crippen molar-refractivity contribution in [3.63, 3.8) is 0 Å². The Morgan fingerprint density at radius 3 is 2.21 bits per heavy atom. The van der Waals surface area contributed by atoms with Gasteiger partial charge in [0, 0.05) is 11.3 Å². The Hall–Kier alpha value is -2.67. The number of hydrogen-bond acceptors (Lipinski definition) is 4. The van der Waals surface area contributed by atoms with Gasteiger partial charge in [0.2, 0.25) is 10.0 Å². The lowest BCUT2D eigenvalue weighted by Crippen LogP contribution is -2.18. The van der Waals surface area contributed by atoms with Crippen LogP contribution in [-0.4, -0.2) is 27.3 Å². The van der Waals surface area contributed by atoms with Crippen LogP contribution in [0, 0.1) is 13.8 Å². The van der Waals surface area contributed by atoms with E-state index in [-0.39, 0.29) is 11.3 Å². The third kappa shape index (κ3) is 5.19. The molecule has 2 rings (SSSR count). The van der Waals surface area contributed by atoms with Gasteiger partial charge in [0.25, 0.3) is 5.91 Å². The maximum absolute atomic E-state index is 12.8. The van der Waals surface area contributed by atoms with Crippen molar-refractivity contribution in [2.75, 3.05) is 16.3 Å². The molecule has 0 aliphatic carbocycles. The molecule has 0 saturated carbocycles. The van der Waals surface area contributed by atoms with Crippen molar-refractivity contribution in [3.05, 3.63) is 52.6 Å². The normalized spacial score (nSPS) is 11.8. The summed E-state index contributed by atoms with van der Waals surface area (Å²) in [6.07, 6.45) is 1.10. The van der Waals surface area contributed by atoms with Crippen molar-refractivity contribution in [1.29, 1.82) is 0 Å². The predicted molar refractivity (Wildman–Crippen MR) is 117 cm³/mol. The number of benzene rings is 2. The van der Waals surface area contributed by atoms with Gasteiger partial charge in [0.15, 0.2) is 0 Å². The molecular weight excluding hydrogens is 374 g/mol. The summed E-state index contributed by atoms with van der Waals surface area (Å²) < 4.78 is 26.1. The van der Waals surface area contributed by atoms with Gasteiger partial charge in [-0.3, -0.25) is 14.5 Å². The minimum Gasteiger partial charge on any atom is -0.322 e. The molecule has 0 aliphatic heterocycles. The summed E-state index contributed by atoms with van der Waals surface area (Å²) in [5.74, 6) is -0.302. The number of anilines is 2. The van der Waals surface area contributed by atoms with Crippen LogP contribution in [0.5, 0.6) is 0 Å². The first kappa shape index (κ1) is 21.6. The Kier molecular flexibility index (Phi) is 5.99. The number of rotatable bonds is 5. The minimum atomic E-state index is -3.46. The Morgan fingerprint density at radius 2 is 1.68 bits per heavy atom. The predicted octanol–water partition coefficient (Wildman–Crippen LogP) is 4.56. The van der Waals surface area contributed by atoms with Crippen LogP contribution in [-0.2, 0) is 15.4 Å². The van der Waals surface area contributed by atoms with E-state index in [1.807, 2.05) is 39.8 Å². The van der Waals surface area contributed by atoms with Gasteiger partial charge in [0.05, 0.1) is 17.6 Å². The first-order valence-corrected chi connectivity index (χ1v) is 10.7. The molecular formula is C21H27N3O3S. The largest absolute Gasteiger partial charge is 0.322 e. The quantitative estimate of drug-likeness (QED) is 0.720. The van der Waals surface area contributed by atoms with Crippen molar-refractivity contribution in [1.82, 2.24) is 0 Å². The number of amides is 1. The first-order valence-electron chi connectivity index (χ1n) is 8.83. The minimum absolute atomic E-state index is 0.231. The highest BCUT2D eigenvalue weighted by atomic mass is 32.2. The molecule has 28 heavy (non-hydrogen) atoms. The molecule has 2 aromatic rings. The highest BCUT2D eigenvalue weighted by Crippen LogP contribution is 2.33. The standard InChI is InChI=1S/C21H27N3O3S/c1-13-8-9-15(10-17(13)22-6)20(25)23-18-11-16(21(3,4)5)12-19(14(18)2)24-28(7,26)27/h8-12,24H,6H2,1-5,7H3,(H,23,25). The number of hydrogen-bond donors (Lipinski definition) is 2. The summed E-state index contributed by atoms with van der Waals surface area (Å²) >= 11 is 0. The molecule has 0 unspecified atom stereocenters. The second kappa shape index (κ2) is 7.75. The number of carbonyl (C=O) groups excluding carboxylic acids is 1. The van der Waals surface area contributed by atoms with Crippen molar-refractivity contribution in [2.24, 2.45) is 4.99 Å². The van der Waals surface area contributed by atoms with Gasteiger partial charge in [-0.2, -0.15) is 0 Å². The summed E-state index contributed by atoms with van der Waals surface area (Å²) in [5.41, 5.74) is 4.33. The lowest BCUT2D eigenvalue weighted by atomic mass is 9.85. The van der Waals surface area contributed by atoms with Crippen molar-refractivity contribution < 1.29 is 13.2 Å². The fourth-order valence-electron chi connectivity index (χ4n) is 2.70. The second-order valence-electron chi connectivity index (χ2n) is 7.93. The molecule has 2 aromatic carbocycles. The molecule has 2 N–H and O–H groups in total. The van der Waals surface area contributed by atoms with E-state index in [1.54, 1.807) is 25.1 Å². The average molecular weight is 402 g/mol. The molecule has 0 aromatic heterocycles. The summed E-state index contributed by atoms with van der Waals surface area (Å²) in [7, 11) is -3.46. The van der Waals surface area contributed by atoms with Gasteiger partial charge in [-0.25, -0.2) is 8.42 Å². The van der Waals surface area contributed by atoms with Crippen LogP contribution < -0.4 is 10.0 Å². The van der Waals surface area contributed by atoms with E-state index in [4.69, 9.17) is 0 Å². The highest BCUT2D eigenvalue weighted by molar-refractivity contribution is 7.92. The molecule has 0 radical (unpaired) electrons. The van der Waals surface area contributed by atoms with Crippen LogP contribution in [0.3, 0.4) is 0 Å². The smallest absolute Gasteiger partial charge is 0.255 e. The molecule has 0 aliphatic rings. The fraction of sp³-hybridized carbons (Fsp3) is 0.333. The molecule has 0 saturated heterocycles. The third-order valence-corrected chi connectivity index (χ3v) is 5.05. The van der Waals surface area contributed by atoms with E-state index in [1.165, 1.54) is 0 Å². The van der Waals surface area contributed by atoms with Gasteiger partial charge >= 0.3 is 0 Å². The van der Waals surface area contributed by atoms with Crippen LogP contribution in [0.25, 0.3) is 0 Å². The van der Waals surface area contributed by atoms with Crippen LogP contribution in [0.2, 0.25) is 0 Å². The van der Waals surface area contributed by atoms with Gasteiger partial charge in [-0.15, -0.1) is 0 Å². The Morgan fingerprint density at radius 1 is 1.07 bits per heavy atom. The van der Waals surface area contributed by atoms with E-state index >= 15 is 0 Å². The van der Waals surface area contributed by atoms with E-state index in [2.05, 4.69) is 21.7 Å². The molecule has 150 valence electrons. The number of aryl methyl sites for hydroxylation is 1. The van der Waals surface area contributed by atoms with Crippen molar-refractivity contribution >= 4 is 39.7 Å². The second-order valence-corrected chi connectivity index (χ2v) is 9.68. The van der Waals surface area contributed by atoms with Crippen LogP contribution in [0.1, 0.15) is 47.8 Å². The maximum Gasteiger partial charge on any atom is 0.255 e. The van der Waals surface area contributed by atoms with Gasteiger partial charge in [0.1, 0.15) is 0 Å². The highest BCUT2D eigenvalue weighted by Gasteiger charge is 2.20. The molecule has 0 heterocycles. The van der Waals surface area contributed by atoms with Crippen LogP contribution >= 0.6 is 0 Å². The topological polar surface area (TPSA) is 87.6 Å². The van der Waals surface area contributed by atoms with E-state index in [0.29, 0.717) is 28.2 Å². The van der Waals surface area contributed by atoms with E-state index in [9.17, 15) is 13.2 Å². The van der Waals surface area contributed by atoms with Crippen LogP contribution in [0.15, 0.2) is 35.3 Å². The zero-order valence-electron chi connectivity index (χ0n) is 17.2. The lowest BCUT2D eigenvalue weighted by molar-refractivity contribution is 0.102. The number of sulfonamides is 1. The van der Waals surface area contributed by atoms with E-state index in [0.717, 1.165) is 17.4 Å². The number of carbonyl (C=O) groups is 1. The summed E-state index contributed by atoms with van der Waals surface area (Å²) in [6, 6.07) is 8.89. The van der Waals surface area contributed by atoms with Gasteiger partial charge < -0.3 is 5.32 Å². The Labute approximate surface area is 167 Å². The zero-order valence-corrected chi connectivity index (χ0v) is 18.0. The molecule has 0 atom stereocenters. The van der Waals surface area contributed by atoms with Crippen molar-refractivity contribution in [2.45, 2.75) is 40.0 Å². The van der Waals surface area contributed by atoms with Crippen LogP contribution in [0.4, 0.5) is 17.1 Å². The maximum atomic E-state index is 12.8. The van der Waals surface area contributed by atoms with Gasteiger partial charge in [-0.05, 0) is 66.9 Å². The first-order chi connectivity index (χ1) is 12.8. The van der Waals surface area contributed by atoms with E-state index < -0.39 is 10.0 Å². The molecule has 0 bridgehead atoms. The molecule has 1 amide bonds. The third-order valence-electron chi connectivity index (χ3n) is 4.46. The molecule has 0 spiro atoms. The summed E-state index contributed by atoms with van der Waals surface area (Å²) in [5, 5.41) is 2.90. The lowest BCUT2D eigenvalue weighted by Gasteiger charge is -2.23. The fourth-order valence-corrected chi connectivity index (χ4v) is 3.31. The van der Waals surface area contributed by atoms with Gasteiger partial charge in [-0.1, -0.05) is 26.8 Å². The Balaban J connectivity index is 2.50. The molecule has 6 nitrogen and oxygen atoms in total. The average Bonchev–Trinajstić information content (AvgIpc) is 2.56. The monoisotopic (exact) mass is 401 g/mol. The molecule has 0 fully saturated rings. The Bertz CT molecular complexity index is 1040.